The molecule has 0 bridgehead atoms. The van der Waals surface area contributed by atoms with Crippen molar-refractivity contribution in [1.29, 1.82) is 0 Å². The Morgan fingerprint density at radius 1 is 1.50 bits per heavy atom. The molecule has 1 aliphatic rings. The van der Waals surface area contributed by atoms with Gasteiger partial charge in [0.25, 0.3) is 0 Å². The van der Waals surface area contributed by atoms with Crippen molar-refractivity contribution in [3.8, 4) is 0 Å². The van der Waals surface area contributed by atoms with Gasteiger partial charge in [0.05, 0.1) is 11.9 Å². The summed E-state index contributed by atoms with van der Waals surface area (Å²) in [7, 11) is 0. The van der Waals surface area contributed by atoms with Crippen LogP contribution in [0.4, 0.5) is 0 Å². The molecule has 0 spiro atoms. The van der Waals surface area contributed by atoms with Gasteiger partial charge in [0.15, 0.2) is 0 Å². The SMILES string of the molecule is O=C(CSCc1ccncc1)N1CCCC(O)C1. The summed E-state index contributed by atoms with van der Waals surface area (Å²) in [4.78, 5) is 17.6. The van der Waals surface area contributed by atoms with E-state index >= 15 is 0 Å². The van der Waals surface area contributed by atoms with E-state index in [1.165, 1.54) is 5.56 Å². The Morgan fingerprint density at radius 2 is 2.28 bits per heavy atom. The quantitative estimate of drug-likeness (QED) is 0.892. The number of rotatable bonds is 4. The fourth-order valence-corrected chi connectivity index (χ4v) is 2.90. The third-order valence-corrected chi connectivity index (χ3v) is 3.98. The van der Waals surface area contributed by atoms with Crippen LogP contribution in [-0.2, 0) is 10.5 Å². The molecular weight excluding hydrogens is 248 g/mol. The summed E-state index contributed by atoms with van der Waals surface area (Å²) in [5.41, 5.74) is 1.18. The second kappa shape index (κ2) is 6.75. The summed E-state index contributed by atoms with van der Waals surface area (Å²) < 4.78 is 0. The van der Waals surface area contributed by atoms with E-state index in [-0.39, 0.29) is 12.0 Å². The Balaban J connectivity index is 1.71. The standard InChI is InChI=1S/C13H18N2O2S/c16-12-2-1-7-15(8-12)13(17)10-18-9-11-3-5-14-6-4-11/h3-6,12,16H,1-2,7-10H2. The van der Waals surface area contributed by atoms with Crippen molar-refractivity contribution in [3.05, 3.63) is 30.1 Å². The highest BCUT2D eigenvalue weighted by atomic mass is 32.2. The first-order chi connectivity index (χ1) is 8.75. The lowest BCUT2D eigenvalue weighted by molar-refractivity contribution is -0.131. The van der Waals surface area contributed by atoms with Crippen molar-refractivity contribution in [1.82, 2.24) is 9.88 Å². The summed E-state index contributed by atoms with van der Waals surface area (Å²) in [6.07, 6.45) is 4.90. The van der Waals surface area contributed by atoms with Gasteiger partial charge in [0.1, 0.15) is 0 Å². The van der Waals surface area contributed by atoms with Crippen LogP contribution in [0.2, 0.25) is 0 Å². The van der Waals surface area contributed by atoms with E-state index < -0.39 is 0 Å². The van der Waals surface area contributed by atoms with Gasteiger partial charge in [-0.25, -0.2) is 0 Å². The third kappa shape index (κ3) is 3.99. The maximum Gasteiger partial charge on any atom is 0.232 e. The van der Waals surface area contributed by atoms with Crippen molar-refractivity contribution in [2.75, 3.05) is 18.8 Å². The molecule has 1 aromatic heterocycles. The molecule has 18 heavy (non-hydrogen) atoms. The zero-order valence-electron chi connectivity index (χ0n) is 10.3. The van der Waals surface area contributed by atoms with Gasteiger partial charge in [-0.05, 0) is 30.5 Å². The van der Waals surface area contributed by atoms with Gasteiger partial charge >= 0.3 is 0 Å². The normalized spacial score (nSPS) is 19.8. The van der Waals surface area contributed by atoms with Crippen molar-refractivity contribution in [3.63, 3.8) is 0 Å². The van der Waals surface area contributed by atoms with Crippen LogP contribution in [0.3, 0.4) is 0 Å². The maximum atomic E-state index is 11.9. The number of aliphatic hydroxyl groups excluding tert-OH is 1. The van der Waals surface area contributed by atoms with E-state index in [1.807, 2.05) is 12.1 Å². The number of thioether (sulfide) groups is 1. The van der Waals surface area contributed by atoms with E-state index in [0.29, 0.717) is 12.3 Å². The smallest absolute Gasteiger partial charge is 0.232 e. The van der Waals surface area contributed by atoms with Gasteiger partial charge in [-0.15, -0.1) is 11.8 Å². The number of β-amino-alcohol motifs (C(OH)–C–C–N with tert-alkyl or cyclic N) is 1. The molecule has 1 unspecified atom stereocenters. The zero-order chi connectivity index (χ0) is 12.8. The van der Waals surface area contributed by atoms with Gasteiger partial charge in [-0.2, -0.15) is 0 Å². The second-order valence-corrected chi connectivity index (χ2v) is 5.47. The largest absolute Gasteiger partial charge is 0.391 e. The second-order valence-electron chi connectivity index (χ2n) is 4.48. The summed E-state index contributed by atoms with van der Waals surface area (Å²) in [5.74, 6) is 1.44. The van der Waals surface area contributed by atoms with Crippen LogP contribution < -0.4 is 0 Å². The van der Waals surface area contributed by atoms with Gasteiger partial charge < -0.3 is 10.0 Å². The number of carbonyl (C=O) groups is 1. The predicted octanol–water partition coefficient (Wildman–Crippen LogP) is 1.30. The lowest BCUT2D eigenvalue weighted by Gasteiger charge is -2.30. The number of hydrogen-bond acceptors (Lipinski definition) is 4. The minimum Gasteiger partial charge on any atom is -0.391 e. The Kier molecular flexibility index (Phi) is 5.01. The summed E-state index contributed by atoms with van der Waals surface area (Å²) in [5, 5.41) is 9.52. The van der Waals surface area contributed by atoms with Crippen LogP contribution >= 0.6 is 11.8 Å². The highest BCUT2D eigenvalue weighted by molar-refractivity contribution is 7.99. The van der Waals surface area contributed by atoms with Gasteiger partial charge in [0, 0.05) is 31.2 Å². The topological polar surface area (TPSA) is 53.4 Å². The van der Waals surface area contributed by atoms with Crippen LogP contribution in [0.15, 0.2) is 24.5 Å². The highest BCUT2D eigenvalue weighted by Crippen LogP contribution is 2.15. The van der Waals surface area contributed by atoms with E-state index in [0.717, 1.165) is 25.1 Å². The van der Waals surface area contributed by atoms with Crippen LogP contribution in [0, 0.1) is 0 Å². The monoisotopic (exact) mass is 266 g/mol. The lowest BCUT2D eigenvalue weighted by Crippen LogP contribution is -2.43. The molecule has 1 amide bonds. The number of pyridine rings is 1. The lowest BCUT2D eigenvalue weighted by atomic mass is 10.1. The Morgan fingerprint density at radius 3 is 3.00 bits per heavy atom. The van der Waals surface area contributed by atoms with Gasteiger partial charge in [-0.1, -0.05) is 0 Å². The average molecular weight is 266 g/mol. The number of aliphatic hydroxyl groups is 1. The first-order valence-electron chi connectivity index (χ1n) is 6.18. The molecule has 2 rings (SSSR count). The minimum absolute atomic E-state index is 0.132. The van der Waals surface area contributed by atoms with Crippen LogP contribution in [-0.4, -0.2) is 45.8 Å². The maximum absolute atomic E-state index is 11.9. The Bertz CT molecular complexity index is 386. The molecule has 5 heteroatoms. The number of carbonyl (C=O) groups excluding carboxylic acids is 1. The number of likely N-dealkylation sites (tertiary alicyclic amines) is 1. The van der Waals surface area contributed by atoms with E-state index in [1.54, 1.807) is 29.1 Å². The number of aromatic nitrogens is 1. The van der Waals surface area contributed by atoms with Crippen LogP contribution in [0.25, 0.3) is 0 Å². The first kappa shape index (κ1) is 13.4. The molecule has 1 N–H and O–H groups in total. The Labute approximate surface area is 111 Å². The highest BCUT2D eigenvalue weighted by Gasteiger charge is 2.21. The summed E-state index contributed by atoms with van der Waals surface area (Å²) >= 11 is 1.61. The number of piperidine rings is 1. The first-order valence-corrected chi connectivity index (χ1v) is 7.33. The van der Waals surface area contributed by atoms with E-state index in [4.69, 9.17) is 0 Å². The molecule has 4 nitrogen and oxygen atoms in total. The van der Waals surface area contributed by atoms with Crippen molar-refractivity contribution in [2.24, 2.45) is 0 Å². The number of hydrogen-bond donors (Lipinski definition) is 1. The molecule has 1 fully saturated rings. The Hall–Kier alpha value is -1.07. The molecule has 1 aliphatic heterocycles. The molecule has 1 saturated heterocycles. The molecule has 2 heterocycles. The fourth-order valence-electron chi connectivity index (χ4n) is 2.01. The average Bonchev–Trinajstić information content (AvgIpc) is 2.40. The summed E-state index contributed by atoms with van der Waals surface area (Å²) in [6.45, 7) is 1.28. The molecule has 1 aromatic rings. The van der Waals surface area contributed by atoms with Gasteiger partial charge in [0.2, 0.25) is 5.91 Å². The minimum atomic E-state index is -0.340. The van der Waals surface area contributed by atoms with Crippen LogP contribution in [0.5, 0.6) is 0 Å². The van der Waals surface area contributed by atoms with Gasteiger partial charge in [-0.3, -0.25) is 9.78 Å². The predicted molar refractivity (Wildman–Crippen MR) is 72.2 cm³/mol. The number of amides is 1. The molecule has 0 aliphatic carbocycles. The number of nitrogens with zero attached hydrogens (tertiary/aromatic N) is 2. The third-order valence-electron chi connectivity index (χ3n) is 2.99. The zero-order valence-corrected chi connectivity index (χ0v) is 11.1. The molecule has 0 saturated carbocycles. The fraction of sp³-hybridized carbons (Fsp3) is 0.538. The van der Waals surface area contributed by atoms with E-state index in [9.17, 15) is 9.90 Å². The van der Waals surface area contributed by atoms with Crippen molar-refractivity contribution >= 4 is 17.7 Å². The molecule has 0 aromatic carbocycles. The molecule has 98 valence electrons. The van der Waals surface area contributed by atoms with E-state index in [2.05, 4.69) is 4.98 Å². The molecule has 0 radical (unpaired) electrons. The van der Waals surface area contributed by atoms with Crippen molar-refractivity contribution < 1.29 is 9.90 Å². The van der Waals surface area contributed by atoms with Crippen molar-refractivity contribution in [2.45, 2.75) is 24.7 Å². The summed E-state index contributed by atoms with van der Waals surface area (Å²) in [6, 6.07) is 3.92. The van der Waals surface area contributed by atoms with Crippen LogP contribution in [0.1, 0.15) is 18.4 Å². The molecular formula is C13H18N2O2S. The molecule has 1 atom stereocenters.